The Balaban J connectivity index is 3.22. The van der Waals surface area contributed by atoms with Crippen LogP contribution in [0.5, 0.6) is 0 Å². The van der Waals surface area contributed by atoms with Crippen LogP contribution in [0.1, 0.15) is 23.7 Å². The molecule has 1 aromatic carbocycles. The molecule has 1 N–H and O–H groups in total. The zero-order chi connectivity index (χ0) is 16.0. The van der Waals surface area contributed by atoms with Gasteiger partial charge in [-0.05, 0) is 13.0 Å². The number of nitro benzene ring substituents is 1. The Labute approximate surface area is 127 Å². The van der Waals surface area contributed by atoms with Gasteiger partial charge < -0.3 is 10.2 Å². The fourth-order valence-corrected chi connectivity index (χ4v) is 2.19. The maximum atomic E-state index is 12.3. The van der Waals surface area contributed by atoms with Gasteiger partial charge in [-0.2, -0.15) is 5.26 Å². The standard InChI is InChI=1S/C13H15ClN4O3/c1-3-17(6-4-5-15)13(19)9-7-10(14)12(16-2)11(8-9)18(20)21/h7-8,16H,3-4,6H2,1-2H3. The van der Waals surface area contributed by atoms with E-state index in [1.807, 2.05) is 6.07 Å². The van der Waals surface area contributed by atoms with Gasteiger partial charge in [0.1, 0.15) is 5.69 Å². The number of nitro groups is 1. The van der Waals surface area contributed by atoms with E-state index >= 15 is 0 Å². The van der Waals surface area contributed by atoms with Crippen molar-refractivity contribution in [1.29, 1.82) is 5.26 Å². The van der Waals surface area contributed by atoms with Crippen molar-refractivity contribution in [2.45, 2.75) is 13.3 Å². The molecule has 21 heavy (non-hydrogen) atoms. The van der Waals surface area contributed by atoms with Crippen molar-refractivity contribution >= 4 is 28.9 Å². The Kier molecular flexibility index (Phi) is 5.93. The van der Waals surface area contributed by atoms with E-state index in [9.17, 15) is 14.9 Å². The van der Waals surface area contributed by atoms with E-state index in [2.05, 4.69) is 5.32 Å². The first-order valence-corrected chi connectivity index (χ1v) is 6.65. The second kappa shape index (κ2) is 7.45. The number of nitriles is 1. The first-order valence-electron chi connectivity index (χ1n) is 6.28. The van der Waals surface area contributed by atoms with E-state index in [1.54, 1.807) is 6.92 Å². The summed E-state index contributed by atoms with van der Waals surface area (Å²) in [5.41, 5.74) is 0.0356. The lowest BCUT2D eigenvalue weighted by Crippen LogP contribution is -2.31. The van der Waals surface area contributed by atoms with E-state index in [0.29, 0.717) is 6.54 Å². The maximum Gasteiger partial charge on any atom is 0.294 e. The van der Waals surface area contributed by atoms with E-state index in [-0.39, 0.29) is 40.8 Å². The first-order chi connectivity index (χ1) is 9.96. The second-order valence-electron chi connectivity index (χ2n) is 4.15. The normalized spacial score (nSPS) is 9.81. The minimum atomic E-state index is -0.597. The predicted octanol–water partition coefficient (Wildman–Crippen LogP) is 2.67. The van der Waals surface area contributed by atoms with Gasteiger partial charge in [-0.3, -0.25) is 14.9 Å². The molecule has 0 heterocycles. The molecule has 1 amide bonds. The molecule has 0 radical (unpaired) electrons. The molecule has 0 aromatic heterocycles. The number of carbonyl (C=O) groups excluding carboxylic acids is 1. The Morgan fingerprint density at radius 1 is 1.57 bits per heavy atom. The van der Waals surface area contributed by atoms with Crippen LogP contribution >= 0.6 is 11.6 Å². The molecule has 0 aliphatic rings. The molecule has 0 bridgehead atoms. The Hall–Kier alpha value is -2.33. The zero-order valence-corrected chi connectivity index (χ0v) is 12.5. The molecule has 0 unspecified atom stereocenters. The van der Waals surface area contributed by atoms with E-state index < -0.39 is 4.92 Å². The van der Waals surface area contributed by atoms with E-state index in [0.717, 1.165) is 0 Å². The van der Waals surface area contributed by atoms with Gasteiger partial charge in [0.25, 0.3) is 11.6 Å². The molecule has 0 spiro atoms. The summed E-state index contributed by atoms with van der Waals surface area (Å²) in [6.07, 6.45) is 0.198. The van der Waals surface area contributed by atoms with Crippen molar-refractivity contribution in [1.82, 2.24) is 4.90 Å². The molecule has 7 nitrogen and oxygen atoms in total. The molecule has 1 aromatic rings. The van der Waals surface area contributed by atoms with Crippen LogP contribution in [0.4, 0.5) is 11.4 Å². The fraction of sp³-hybridized carbons (Fsp3) is 0.385. The summed E-state index contributed by atoms with van der Waals surface area (Å²) in [4.78, 5) is 24.2. The monoisotopic (exact) mass is 310 g/mol. The molecule has 0 saturated heterocycles. The molecular formula is C13H15ClN4O3. The molecule has 0 aliphatic carbocycles. The Bertz CT molecular complexity index is 598. The van der Waals surface area contributed by atoms with Crippen molar-refractivity contribution in [3.05, 3.63) is 32.8 Å². The number of hydrogen-bond acceptors (Lipinski definition) is 5. The van der Waals surface area contributed by atoms with Crippen LogP contribution in [-0.2, 0) is 0 Å². The topological polar surface area (TPSA) is 99.3 Å². The fourth-order valence-electron chi connectivity index (χ4n) is 1.88. The predicted molar refractivity (Wildman–Crippen MR) is 79.5 cm³/mol. The zero-order valence-electron chi connectivity index (χ0n) is 11.7. The third-order valence-electron chi connectivity index (χ3n) is 2.93. The van der Waals surface area contributed by atoms with Gasteiger partial charge in [-0.25, -0.2) is 0 Å². The number of anilines is 1. The number of halogens is 1. The van der Waals surface area contributed by atoms with Crippen molar-refractivity contribution in [2.24, 2.45) is 0 Å². The van der Waals surface area contributed by atoms with Gasteiger partial charge >= 0.3 is 0 Å². The van der Waals surface area contributed by atoms with Gasteiger partial charge in [0, 0.05) is 31.8 Å². The van der Waals surface area contributed by atoms with Crippen molar-refractivity contribution in [3.63, 3.8) is 0 Å². The van der Waals surface area contributed by atoms with E-state index in [4.69, 9.17) is 16.9 Å². The lowest BCUT2D eigenvalue weighted by Gasteiger charge is -2.20. The third kappa shape index (κ3) is 3.83. The maximum absolute atomic E-state index is 12.3. The average Bonchev–Trinajstić information content (AvgIpc) is 2.46. The van der Waals surface area contributed by atoms with Crippen LogP contribution in [0, 0.1) is 21.4 Å². The molecule has 0 fully saturated rings. The highest BCUT2D eigenvalue weighted by Crippen LogP contribution is 2.33. The summed E-state index contributed by atoms with van der Waals surface area (Å²) in [7, 11) is 1.51. The molecular weight excluding hydrogens is 296 g/mol. The molecule has 0 saturated carbocycles. The molecule has 1 rings (SSSR count). The van der Waals surface area contributed by atoms with Crippen LogP contribution in [0.3, 0.4) is 0 Å². The molecule has 0 aliphatic heterocycles. The smallest absolute Gasteiger partial charge is 0.294 e. The van der Waals surface area contributed by atoms with Crippen molar-refractivity contribution in [2.75, 3.05) is 25.5 Å². The van der Waals surface area contributed by atoms with Crippen LogP contribution < -0.4 is 5.32 Å². The first kappa shape index (κ1) is 16.7. The summed E-state index contributed by atoms with van der Waals surface area (Å²) < 4.78 is 0. The number of nitrogens with zero attached hydrogens (tertiary/aromatic N) is 3. The number of hydrogen-bond donors (Lipinski definition) is 1. The second-order valence-corrected chi connectivity index (χ2v) is 4.56. The SMILES string of the molecule is CCN(CCC#N)C(=O)c1cc(Cl)c(NC)c([N+](=O)[O-])c1. The molecule has 112 valence electrons. The molecule has 8 heteroatoms. The average molecular weight is 311 g/mol. The lowest BCUT2D eigenvalue weighted by molar-refractivity contribution is -0.384. The number of benzene rings is 1. The van der Waals surface area contributed by atoms with Gasteiger partial charge in [0.05, 0.1) is 22.4 Å². The number of carbonyl (C=O) groups is 1. The highest BCUT2D eigenvalue weighted by Gasteiger charge is 2.22. The molecule has 0 atom stereocenters. The van der Waals surface area contributed by atoms with Crippen LogP contribution in [0.15, 0.2) is 12.1 Å². The van der Waals surface area contributed by atoms with Crippen LogP contribution in [-0.4, -0.2) is 35.9 Å². The highest BCUT2D eigenvalue weighted by molar-refractivity contribution is 6.34. The van der Waals surface area contributed by atoms with Gasteiger partial charge in [0.2, 0.25) is 0 Å². The minimum Gasteiger partial charge on any atom is -0.381 e. The van der Waals surface area contributed by atoms with Crippen LogP contribution in [0.2, 0.25) is 5.02 Å². The van der Waals surface area contributed by atoms with E-state index in [1.165, 1.54) is 24.1 Å². The Morgan fingerprint density at radius 2 is 2.24 bits per heavy atom. The van der Waals surface area contributed by atoms with Gasteiger partial charge in [-0.15, -0.1) is 0 Å². The summed E-state index contributed by atoms with van der Waals surface area (Å²) >= 11 is 5.99. The lowest BCUT2D eigenvalue weighted by atomic mass is 10.1. The Morgan fingerprint density at radius 3 is 2.71 bits per heavy atom. The third-order valence-corrected chi connectivity index (χ3v) is 3.22. The number of rotatable bonds is 6. The number of nitrogens with one attached hydrogen (secondary N) is 1. The quantitative estimate of drug-likeness (QED) is 0.643. The van der Waals surface area contributed by atoms with Crippen molar-refractivity contribution in [3.8, 4) is 6.07 Å². The number of amides is 1. The van der Waals surface area contributed by atoms with Crippen LogP contribution in [0.25, 0.3) is 0 Å². The minimum absolute atomic E-state index is 0.103. The summed E-state index contributed by atoms with van der Waals surface area (Å²) in [6.45, 7) is 2.44. The largest absolute Gasteiger partial charge is 0.381 e. The highest BCUT2D eigenvalue weighted by atomic mass is 35.5. The summed E-state index contributed by atoms with van der Waals surface area (Å²) in [5.74, 6) is -0.389. The van der Waals surface area contributed by atoms with Crippen molar-refractivity contribution < 1.29 is 9.72 Å². The summed E-state index contributed by atoms with van der Waals surface area (Å²) in [5, 5.41) is 22.4. The summed E-state index contributed by atoms with van der Waals surface area (Å²) in [6, 6.07) is 4.54. The van der Waals surface area contributed by atoms with Gasteiger partial charge in [0.15, 0.2) is 0 Å². The van der Waals surface area contributed by atoms with Gasteiger partial charge in [-0.1, -0.05) is 11.6 Å².